The second-order valence-electron chi connectivity index (χ2n) is 8.87. The number of ketones is 1. The van der Waals surface area contributed by atoms with Crippen LogP contribution in [0.2, 0.25) is 0 Å². The minimum absolute atomic E-state index is 0.00943. The van der Waals surface area contributed by atoms with E-state index in [1.165, 1.54) is 33.4 Å². The van der Waals surface area contributed by atoms with E-state index in [4.69, 9.17) is 14.2 Å². The maximum Gasteiger partial charge on any atom is 0.231 e. The second kappa shape index (κ2) is 10.1. The molecular weight excluding hydrogens is 444 g/mol. The Morgan fingerprint density at radius 1 is 0.882 bits per heavy atom. The summed E-state index contributed by atoms with van der Waals surface area (Å²) in [5, 5.41) is -0.00943. The highest BCUT2D eigenvalue weighted by Gasteiger charge is 2.23. The molecule has 4 rings (SSSR count). The predicted molar refractivity (Wildman–Crippen MR) is 139 cm³/mol. The average Bonchev–Trinajstić information content (AvgIpc) is 3.33. The van der Waals surface area contributed by atoms with Crippen LogP contribution in [0, 0.1) is 34.6 Å². The lowest BCUT2D eigenvalue weighted by Crippen LogP contribution is -2.07. The van der Waals surface area contributed by atoms with E-state index in [0.717, 1.165) is 28.6 Å². The lowest BCUT2D eigenvalue weighted by Gasteiger charge is -2.22. The lowest BCUT2D eigenvalue weighted by molar-refractivity contribution is 0.0982. The van der Waals surface area contributed by atoms with Gasteiger partial charge in [0.25, 0.3) is 0 Å². The van der Waals surface area contributed by atoms with Gasteiger partial charge in [-0.05, 0) is 110 Å². The molecule has 3 aromatic carbocycles. The Morgan fingerprint density at radius 3 is 2.15 bits per heavy atom. The number of fused-ring (bicyclic) bond motifs is 1. The first kappa shape index (κ1) is 24.2. The van der Waals surface area contributed by atoms with Crippen molar-refractivity contribution in [2.24, 2.45) is 0 Å². The topological polar surface area (TPSA) is 44.8 Å². The second-order valence-corrected chi connectivity index (χ2v) is 10.1. The minimum atomic E-state index is -0.00943. The van der Waals surface area contributed by atoms with Crippen molar-refractivity contribution >= 4 is 17.5 Å². The third-order valence-corrected chi connectivity index (χ3v) is 8.43. The average molecular weight is 477 g/mol. The summed E-state index contributed by atoms with van der Waals surface area (Å²) in [5.41, 5.74) is 9.91. The van der Waals surface area contributed by atoms with Crippen LogP contribution in [0.1, 0.15) is 61.0 Å². The summed E-state index contributed by atoms with van der Waals surface area (Å²) in [6, 6.07) is 13.4. The highest BCUT2D eigenvalue weighted by atomic mass is 32.2. The molecule has 0 saturated heterocycles. The van der Waals surface area contributed by atoms with Gasteiger partial charge >= 0.3 is 0 Å². The Balaban J connectivity index is 1.62. The Morgan fingerprint density at radius 2 is 1.50 bits per heavy atom. The van der Waals surface area contributed by atoms with Crippen molar-refractivity contribution in [3.05, 3.63) is 87.0 Å². The molecule has 1 atom stereocenters. The van der Waals surface area contributed by atoms with E-state index >= 15 is 0 Å². The fraction of sp³-hybridized carbons (Fsp3) is 0.345. The molecule has 0 bridgehead atoms. The number of rotatable bonds is 8. The molecule has 0 fully saturated rings. The molecule has 0 saturated carbocycles. The number of hydrogen-bond donors (Lipinski definition) is 0. The maximum absolute atomic E-state index is 13.2. The molecule has 34 heavy (non-hydrogen) atoms. The van der Waals surface area contributed by atoms with Crippen molar-refractivity contribution < 1.29 is 19.0 Å². The van der Waals surface area contributed by atoms with Gasteiger partial charge in [-0.25, -0.2) is 0 Å². The SMILES string of the molecule is COc1ccc(C(=O)CC(SCc2c(C)c(C)c(C)c(C)c2C)c2ccc3c(c2)OCO3)cc1. The highest BCUT2D eigenvalue weighted by molar-refractivity contribution is 7.98. The first-order valence-corrected chi connectivity index (χ1v) is 12.6. The molecule has 1 heterocycles. The van der Waals surface area contributed by atoms with E-state index in [2.05, 4.69) is 40.7 Å². The highest BCUT2D eigenvalue weighted by Crippen LogP contribution is 2.42. The number of thioether (sulfide) groups is 1. The van der Waals surface area contributed by atoms with Gasteiger partial charge in [-0.3, -0.25) is 4.79 Å². The van der Waals surface area contributed by atoms with Gasteiger partial charge in [0.15, 0.2) is 17.3 Å². The molecule has 0 radical (unpaired) electrons. The van der Waals surface area contributed by atoms with Crippen molar-refractivity contribution in [3.8, 4) is 17.2 Å². The fourth-order valence-corrected chi connectivity index (χ4v) is 5.84. The third kappa shape index (κ3) is 4.80. The fourth-order valence-electron chi connectivity index (χ4n) is 4.43. The van der Waals surface area contributed by atoms with Crippen LogP contribution in [0.25, 0.3) is 0 Å². The van der Waals surface area contributed by atoms with E-state index in [9.17, 15) is 4.79 Å². The van der Waals surface area contributed by atoms with Crippen molar-refractivity contribution in [1.82, 2.24) is 0 Å². The normalized spacial score (nSPS) is 13.1. The lowest BCUT2D eigenvalue weighted by atomic mass is 9.90. The Bertz CT molecular complexity index is 1180. The molecule has 5 heteroatoms. The molecule has 178 valence electrons. The number of carbonyl (C=O) groups excluding carboxylic acids is 1. The largest absolute Gasteiger partial charge is 0.497 e. The van der Waals surface area contributed by atoms with E-state index in [-0.39, 0.29) is 17.8 Å². The van der Waals surface area contributed by atoms with Crippen molar-refractivity contribution in [1.29, 1.82) is 0 Å². The van der Waals surface area contributed by atoms with Crippen molar-refractivity contribution in [2.75, 3.05) is 13.9 Å². The summed E-state index contributed by atoms with van der Waals surface area (Å²) in [7, 11) is 1.63. The Labute approximate surface area is 206 Å². The smallest absolute Gasteiger partial charge is 0.231 e. The molecule has 1 aliphatic rings. The maximum atomic E-state index is 13.2. The van der Waals surface area contributed by atoms with Crippen LogP contribution in [-0.4, -0.2) is 19.7 Å². The molecule has 1 unspecified atom stereocenters. The number of Topliss-reactive ketones (excluding diaryl/α,β-unsaturated/α-hetero) is 1. The van der Waals surface area contributed by atoms with E-state index in [1.54, 1.807) is 7.11 Å². The number of ether oxygens (including phenoxy) is 3. The van der Waals surface area contributed by atoms with Crippen molar-refractivity contribution in [2.45, 2.75) is 52.0 Å². The summed E-state index contributed by atoms with van der Waals surface area (Å²) in [6.07, 6.45) is 0.401. The van der Waals surface area contributed by atoms with Crippen LogP contribution < -0.4 is 14.2 Å². The molecule has 0 aromatic heterocycles. The van der Waals surface area contributed by atoms with Crippen LogP contribution >= 0.6 is 11.8 Å². The molecule has 4 nitrogen and oxygen atoms in total. The molecule has 0 spiro atoms. The van der Waals surface area contributed by atoms with Gasteiger partial charge in [-0.1, -0.05) is 6.07 Å². The number of methoxy groups -OCH3 is 1. The van der Waals surface area contributed by atoms with Crippen LogP contribution in [0.4, 0.5) is 0 Å². The molecule has 3 aromatic rings. The number of carbonyl (C=O) groups is 1. The summed E-state index contributed by atoms with van der Waals surface area (Å²) < 4.78 is 16.4. The Kier molecular flexibility index (Phi) is 7.22. The zero-order chi connectivity index (χ0) is 24.4. The van der Waals surface area contributed by atoms with Gasteiger partial charge in [0.2, 0.25) is 6.79 Å². The standard InChI is InChI=1S/C29H32O4S/c1-17-18(2)20(4)25(21(5)19(17)3)15-34-29(23-9-12-27-28(13-23)33-16-32-27)14-26(30)22-7-10-24(31-6)11-8-22/h7-13,29H,14-16H2,1-6H3. The van der Waals surface area contributed by atoms with Gasteiger partial charge in [0, 0.05) is 23.0 Å². The molecular formula is C29H32O4S. The third-order valence-electron chi connectivity index (χ3n) is 7.14. The minimum Gasteiger partial charge on any atom is -0.497 e. The Hall–Kier alpha value is -2.92. The summed E-state index contributed by atoms with van der Waals surface area (Å²) >= 11 is 1.81. The van der Waals surface area contributed by atoms with Crippen molar-refractivity contribution in [3.63, 3.8) is 0 Å². The predicted octanol–water partition coefficient (Wildman–Crippen LogP) is 7.21. The zero-order valence-corrected chi connectivity index (χ0v) is 21.6. The van der Waals surface area contributed by atoms with E-state index in [0.29, 0.717) is 12.0 Å². The van der Waals surface area contributed by atoms with Crippen LogP contribution in [-0.2, 0) is 5.75 Å². The monoisotopic (exact) mass is 476 g/mol. The first-order valence-electron chi connectivity index (χ1n) is 11.5. The van der Waals surface area contributed by atoms with Crippen LogP contribution in [0.5, 0.6) is 17.2 Å². The summed E-state index contributed by atoms with van der Waals surface area (Å²) in [6.45, 7) is 11.3. The zero-order valence-electron chi connectivity index (χ0n) is 20.8. The molecule has 0 N–H and O–H groups in total. The van der Waals surface area contributed by atoms with Gasteiger partial charge in [0.1, 0.15) is 5.75 Å². The summed E-state index contributed by atoms with van der Waals surface area (Å²) in [4.78, 5) is 13.2. The van der Waals surface area contributed by atoms with E-state index < -0.39 is 0 Å². The molecule has 0 aliphatic carbocycles. The first-order chi connectivity index (χ1) is 16.3. The molecule has 1 aliphatic heterocycles. The van der Waals surface area contributed by atoms with Gasteiger partial charge in [-0.15, -0.1) is 11.8 Å². The molecule has 0 amide bonds. The summed E-state index contributed by atoms with van der Waals surface area (Å²) in [5.74, 6) is 3.20. The quantitative estimate of drug-likeness (QED) is 0.321. The van der Waals surface area contributed by atoms with E-state index in [1.807, 2.05) is 48.2 Å². The van der Waals surface area contributed by atoms with Crippen LogP contribution in [0.15, 0.2) is 42.5 Å². The number of benzene rings is 3. The van der Waals surface area contributed by atoms with Crippen LogP contribution in [0.3, 0.4) is 0 Å². The van der Waals surface area contributed by atoms with Gasteiger partial charge < -0.3 is 14.2 Å². The van der Waals surface area contributed by atoms with Gasteiger partial charge in [-0.2, -0.15) is 0 Å². The number of hydrogen-bond acceptors (Lipinski definition) is 5. The van der Waals surface area contributed by atoms with Gasteiger partial charge in [0.05, 0.1) is 7.11 Å².